The number of nitrogens with one attached hydrogen (secondary N) is 1. The maximum atomic E-state index is 3.72. The summed E-state index contributed by atoms with van der Waals surface area (Å²) in [5.74, 6) is 0. The van der Waals surface area contributed by atoms with E-state index in [1.165, 1.54) is 55.3 Å². The van der Waals surface area contributed by atoms with E-state index in [9.17, 15) is 0 Å². The van der Waals surface area contributed by atoms with Gasteiger partial charge in [0.05, 0.1) is 0 Å². The predicted octanol–water partition coefficient (Wildman–Crippen LogP) is 11.3. The SMILES string of the molecule is c1ccc(-c2ccc(Nc3ccc(-c4cccc5ccccc45)c(-c4ccccc4)c3)cc2-c2ccccc2)cc1. The Hall–Kier alpha value is -5.40. The fourth-order valence-electron chi connectivity index (χ4n) is 5.69. The molecule has 0 aromatic heterocycles. The van der Waals surface area contributed by atoms with Gasteiger partial charge in [-0.3, -0.25) is 0 Å². The van der Waals surface area contributed by atoms with Crippen molar-refractivity contribution in [2.24, 2.45) is 0 Å². The summed E-state index contributed by atoms with van der Waals surface area (Å²) in [6.07, 6.45) is 0. The second-order valence-electron chi connectivity index (χ2n) is 10.3. The van der Waals surface area contributed by atoms with Crippen molar-refractivity contribution in [1.29, 1.82) is 0 Å². The topological polar surface area (TPSA) is 12.0 Å². The molecule has 0 saturated heterocycles. The van der Waals surface area contributed by atoms with Gasteiger partial charge in [0.25, 0.3) is 0 Å². The van der Waals surface area contributed by atoms with Crippen molar-refractivity contribution in [3.63, 3.8) is 0 Å². The van der Waals surface area contributed by atoms with E-state index in [0.29, 0.717) is 0 Å². The van der Waals surface area contributed by atoms with Gasteiger partial charge < -0.3 is 5.32 Å². The lowest BCUT2D eigenvalue weighted by Gasteiger charge is -2.17. The van der Waals surface area contributed by atoms with Gasteiger partial charge in [0, 0.05) is 11.4 Å². The van der Waals surface area contributed by atoms with Crippen LogP contribution in [0.1, 0.15) is 0 Å². The van der Waals surface area contributed by atoms with Gasteiger partial charge in [0.2, 0.25) is 0 Å². The molecule has 194 valence electrons. The van der Waals surface area contributed by atoms with Crippen LogP contribution in [0.3, 0.4) is 0 Å². The van der Waals surface area contributed by atoms with E-state index in [0.717, 1.165) is 11.4 Å². The molecular formula is C40H29N. The summed E-state index contributed by atoms with van der Waals surface area (Å²) in [5.41, 5.74) is 11.8. The molecule has 0 unspecified atom stereocenters. The molecule has 0 spiro atoms. The van der Waals surface area contributed by atoms with Crippen LogP contribution < -0.4 is 5.32 Å². The summed E-state index contributed by atoms with van der Waals surface area (Å²) in [5, 5.41) is 6.23. The lowest BCUT2D eigenvalue weighted by molar-refractivity contribution is 1.52. The van der Waals surface area contributed by atoms with Gasteiger partial charge in [-0.05, 0) is 79.5 Å². The monoisotopic (exact) mass is 523 g/mol. The van der Waals surface area contributed by atoms with E-state index in [2.05, 4.69) is 175 Å². The molecule has 0 fully saturated rings. The smallest absolute Gasteiger partial charge is 0.0390 e. The quantitative estimate of drug-likeness (QED) is 0.229. The van der Waals surface area contributed by atoms with Gasteiger partial charge >= 0.3 is 0 Å². The first-order valence-corrected chi connectivity index (χ1v) is 14.0. The van der Waals surface area contributed by atoms with Crippen molar-refractivity contribution >= 4 is 22.1 Å². The van der Waals surface area contributed by atoms with Gasteiger partial charge in [0.1, 0.15) is 0 Å². The van der Waals surface area contributed by atoms with Crippen molar-refractivity contribution in [2.45, 2.75) is 0 Å². The third kappa shape index (κ3) is 5.02. The highest BCUT2D eigenvalue weighted by atomic mass is 14.9. The first kappa shape index (κ1) is 24.6. The molecule has 7 rings (SSSR count). The zero-order valence-electron chi connectivity index (χ0n) is 22.7. The van der Waals surface area contributed by atoms with Crippen LogP contribution in [0.2, 0.25) is 0 Å². The van der Waals surface area contributed by atoms with Gasteiger partial charge in [-0.2, -0.15) is 0 Å². The maximum Gasteiger partial charge on any atom is 0.0390 e. The third-order valence-corrected chi connectivity index (χ3v) is 7.66. The molecule has 7 aromatic rings. The van der Waals surface area contributed by atoms with E-state index >= 15 is 0 Å². The van der Waals surface area contributed by atoms with Crippen molar-refractivity contribution < 1.29 is 0 Å². The van der Waals surface area contributed by atoms with Crippen LogP contribution in [0.4, 0.5) is 11.4 Å². The first-order chi connectivity index (χ1) is 20.3. The average molecular weight is 524 g/mol. The van der Waals surface area contributed by atoms with E-state index in [4.69, 9.17) is 0 Å². The van der Waals surface area contributed by atoms with Crippen molar-refractivity contribution in [1.82, 2.24) is 0 Å². The van der Waals surface area contributed by atoms with E-state index in [1.807, 2.05) is 0 Å². The molecule has 0 aliphatic carbocycles. The number of benzene rings is 7. The van der Waals surface area contributed by atoms with Crippen LogP contribution >= 0.6 is 0 Å². The molecule has 0 heterocycles. The number of anilines is 2. The second-order valence-corrected chi connectivity index (χ2v) is 10.3. The van der Waals surface area contributed by atoms with Crippen molar-refractivity contribution in [2.75, 3.05) is 5.32 Å². The van der Waals surface area contributed by atoms with Crippen LogP contribution in [-0.2, 0) is 0 Å². The average Bonchev–Trinajstić information content (AvgIpc) is 3.06. The summed E-state index contributed by atoms with van der Waals surface area (Å²) in [6, 6.07) is 60.5. The summed E-state index contributed by atoms with van der Waals surface area (Å²) in [6.45, 7) is 0. The molecule has 1 heteroatoms. The minimum absolute atomic E-state index is 1.05. The van der Waals surface area contributed by atoms with Crippen LogP contribution in [0, 0.1) is 0 Å². The molecule has 1 N–H and O–H groups in total. The normalized spacial score (nSPS) is 10.9. The third-order valence-electron chi connectivity index (χ3n) is 7.66. The van der Waals surface area contributed by atoms with Crippen molar-refractivity contribution in [3.05, 3.63) is 170 Å². The fourth-order valence-corrected chi connectivity index (χ4v) is 5.69. The molecule has 0 aliphatic heterocycles. The van der Waals surface area contributed by atoms with Gasteiger partial charge in [-0.1, -0.05) is 146 Å². The molecule has 41 heavy (non-hydrogen) atoms. The highest BCUT2D eigenvalue weighted by molar-refractivity contribution is 6.01. The van der Waals surface area contributed by atoms with Gasteiger partial charge in [0.15, 0.2) is 0 Å². The Labute approximate surface area is 241 Å². The Balaban J connectivity index is 1.33. The number of hydrogen-bond donors (Lipinski definition) is 1. The molecule has 0 radical (unpaired) electrons. The van der Waals surface area contributed by atoms with E-state index in [-0.39, 0.29) is 0 Å². The van der Waals surface area contributed by atoms with Gasteiger partial charge in [-0.25, -0.2) is 0 Å². The first-order valence-electron chi connectivity index (χ1n) is 14.0. The Morgan fingerprint density at radius 1 is 0.293 bits per heavy atom. The number of rotatable bonds is 6. The molecule has 0 saturated carbocycles. The minimum atomic E-state index is 1.05. The number of fused-ring (bicyclic) bond motifs is 1. The summed E-state index contributed by atoms with van der Waals surface area (Å²) < 4.78 is 0. The Morgan fingerprint density at radius 3 is 1.37 bits per heavy atom. The molecule has 7 aromatic carbocycles. The summed E-state index contributed by atoms with van der Waals surface area (Å²) in [7, 11) is 0. The molecule has 0 atom stereocenters. The lowest BCUT2D eigenvalue weighted by Crippen LogP contribution is -1.95. The van der Waals surface area contributed by atoms with Crippen LogP contribution in [0.5, 0.6) is 0 Å². The van der Waals surface area contributed by atoms with Crippen LogP contribution in [0.15, 0.2) is 170 Å². The molecule has 0 amide bonds. The Kier molecular flexibility index (Phi) is 6.61. The molecule has 0 aliphatic rings. The standard InChI is InChI=1S/C40H29N/c1-4-13-29(14-5-1)36-25-23-33(27-39(36)31-15-6-2-7-16-31)41-34-24-26-38(40(28-34)32-17-8-3-9-18-32)37-22-12-20-30-19-10-11-21-35(30)37/h1-28,41H. The highest BCUT2D eigenvalue weighted by Gasteiger charge is 2.13. The number of hydrogen-bond acceptors (Lipinski definition) is 1. The van der Waals surface area contributed by atoms with Gasteiger partial charge in [-0.15, -0.1) is 0 Å². The zero-order chi connectivity index (χ0) is 27.4. The predicted molar refractivity (Wildman–Crippen MR) is 175 cm³/mol. The summed E-state index contributed by atoms with van der Waals surface area (Å²) in [4.78, 5) is 0. The van der Waals surface area contributed by atoms with Crippen LogP contribution in [-0.4, -0.2) is 0 Å². The lowest BCUT2D eigenvalue weighted by atomic mass is 9.91. The maximum absolute atomic E-state index is 3.72. The van der Waals surface area contributed by atoms with E-state index in [1.54, 1.807) is 0 Å². The molecular weight excluding hydrogens is 494 g/mol. The largest absolute Gasteiger partial charge is 0.355 e. The fraction of sp³-hybridized carbons (Fsp3) is 0. The van der Waals surface area contributed by atoms with Crippen LogP contribution in [0.25, 0.3) is 55.3 Å². The molecule has 0 bridgehead atoms. The minimum Gasteiger partial charge on any atom is -0.355 e. The zero-order valence-corrected chi connectivity index (χ0v) is 22.7. The Bertz CT molecular complexity index is 1940. The van der Waals surface area contributed by atoms with E-state index < -0.39 is 0 Å². The summed E-state index contributed by atoms with van der Waals surface area (Å²) >= 11 is 0. The van der Waals surface area contributed by atoms with Crippen molar-refractivity contribution in [3.8, 4) is 44.5 Å². The second kappa shape index (κ2) is 11.0. The Morgan fingerprint density at radius 2 is 0.756 bits per heavy atom. The highest BCUT2D eigenvalue weighted by Crippen LogP contribution is 2.39. The molecule has 1 nitrogen and oxygen atoms in total.